The molecule has 2 aliphatic heterocycles. The molecule has 2 N–H and O–H groups in total. The molecule has 1 aromatic heterocycles. The van der Waals surface area contributed by atoms with Gasteiger partial charge in [-0.3, -0.25) is 14.5 Å². The van der Waals surface area contributed by atoms with Gasteiger partial charge in [0.15, 0.2) is 15.8 Å². The van der Waals surface area contributed by atoms with E-state index in [4.69, 9.17) is 9.47 Å². The largest absolute Gasteiger partial charge is 0.508 e. The normalized spacial score (nSPS) is 17.8. The Morgan fingerprint density at radius 2 is 1.80 bits per heavy atom. The second-order valence-corrected chi connectivity index (χ2v) is 11.1. The van der Waals surface area contributed by atoms with Gasteiger partial charge in [-0.1, -0.05) is 47.4 Å². The summed E-state index contributed by atoms with van der Waals surface area (Å²) in [6.07, 6.45) is 0. The van der Waals surface area contributed by atoms with Crippen molar-refractivity contribution in [3.8, 4) is 17.2 Å². The molecule has 0 radical (unpaired) electrons. The van der Waals surface area contributed by atoms with Gasteiger partial charge in [0.25, 0.3) is 5.78 Å². The first kappa shape index (κ1) is 25.8. The highest BCUT2D eigenvalue weighted by Gasteiger charge is 2.48. The second kappa shape index (κ2) is 10.6. The Hall–Kier alpha value is -4.42. The standard InChI is InChI=1S/C28H20FN3O6S2/c29-18-7-4-15(5-8-18)14-39-28-31-30-27(40-28)32-23(16-2-1-3-19(33)12-16)22(25(35)26(32)36)24(34)17-6-9-20-21(13-17)38-11-10-37-20/h1-9,12-13,23,33-34H,10-11,14H2/t23-/m0/s1. The van der Waals surface area contributed by atoms with Crippen LogP contribution in [0.2, 0.25) is 0 Å². The van der Waals surface area contributed by atoms with Gasteiger partial charge in [-0.15, -0.1) is 10.2 Å². The number of phenolic OH excluding ortho intramolecular Hbond substituents is 1. The van der Waals surface area contributed by atoms with Gasteiger partial charge >= 0.3 is 5.91 Å². The van der Waals surface area contributed by atoms with Crippen LogP contribution in [0.5, 0.6) is 17.2 Å². The molecule has 3 aromatic carbocycles. The summed E-state index contributed by atoms with van der Waals surface area (Å²) in [4.78, 5) is 28.0. The highest BCUT2D eigenvalue weighted by Crippen LogP contribution is 2.45. The number of ketones is 1. The van der Waals surface area contributed by atoms with E-state index in [0.29, 0.717) is 40.4 Å². The van der Waals surface area contributed by atoms with Crippen molar-refractivity contribution in [2.45, 2.75) is 16.1 Å². The zero-order valence-corrected chi connectivity index (χ0v) is 22.2. The maximum Gasteiger partial charge on any atom is 0.301 e. The molecular formula is C28H20FN3O6S2. The molecule has 6 rings (SSSR count). The summed E-state index contributed by atoms with van der Waals surface area (Å²) in [6.45, 7) is 0.733. The Morgan fingerprint density at radius 3 is 2.58 bits per heavy atom. The number of amides is 1. The Morgan fingerprint density at radius 1 is 1.02 bits per heavy atom. The van der Waals surface area contributed by atoms with Crippen LogP contribution < -0.4 is 14.4 Å². The van der Waals surface area contributed by atoms with Crippen molar-refractivity contribution in [1.82, 2.24) is 10.2 Å². The zero-order chi connectivity index (χ0) is 27.8. The van der Waals surface area contributed by atoms with Crippen LogP contribution in [0.25, 0.3) is 5.76 Å². The van der Waals surface area contributed by atoms with Crippen LogP contribution in [-0.2, 0) is 15.3 Å². The first-order valence-electron chi connectivity index (χ1n) is 12.1. The number of hydrogen-bond acceptors (Lipinski definition) is 10. The van der Waals surface area contributed by atoms with Crippen molar-refractivity contribution in [1.29, 1.82) is 0 Å². The third-order valence-electron chi connectivity index (χ3n) is 6.32. The van der Waals surface area contributed by atoms with E-state index in [1.165, 1.54) is 40.9 Å². The number of Topliss-reactive ketones (excluding diaryl/α,β-unsaturated/α-hetero) is 1. The molecule has 0 spiro atoms. The van der Waals surface area contributed by atoms with Gasteiger partial charge in [-0.2, -0.15) is 0 Å². The Kier molecular flexibility index (Phi) is 6.86. The van der Waals surface area contributed by atoms with Gasteiger partial charge in [0.2, 0.25) is 5.13 Å². The summed E-state index contributed by atoms with van der Waals surface area (Å²) in [5, 5.41) is 30.0. The van der Waals surface area contributed by atoms with Crippen molar-refractivity contribution in [2.24, 2.45) is 0 Å². The van der Waals surface area contributed by atoms with E-state index < -0.39 is 23.5 Å². The van der Waals surface area contributed by atoms with Crippen LogP contribution in [0.3, 0.4) is 0 Å². The quantitative estimate of drug-likeness (QED) is 0.106. The van der Waals surface area contributed by atoms with Crippen molar-refractivity contribution in [3.63, 3.8) is 0 Å². The fraction of sp³-hybridized carbons (Fsp3) is 0.143. The minimum Gasteiger partial charge on any atom is -0.508 e. The molecule has 40 heavy (non-hydrogen) atoms. The minimum atomic E-state index is -1.08. The van der Waals surface area contributed by atoms with Crippen molar-refractivity contribution in [2.75, 3.05) is 18.1 Å². The summed E-state index contributed by atoms with van der Waals surface area (Å²) in [5.41, 5.74) is 1.37. The number of aromatic hydroxyl groups is 1. The molecule has 202 valence electrons. The lowest BCUT2D eigenvalue weighted by molar-refractivity contribution is -0.132. The van der Waals surface area contributed by atoms with Crippen LogP contribution in [-0.4, -0.2) is 45.3 Å². The van der Waals surface area contributed by atoms with Crippen LogP contribution in [0.15, 0.2) is 76.6 Å². The molecule has 4 aromatic rings. The Labute approximate surface area is 235 Å². The predicted octanol–water partition coefficient (Wildman–Crippen LogP) is 5.07. The zero-order valence-electron chi connectivity index (χ0n) is 20.6. The van der Waals surface area contributed by atoms with Gasteiger partial charge in [0.1, 0.15) is 30.5 Å². The molecule has 1 saturated heterocycles. The molecule has 9 nitrogen and oxygen atoms in total. The van der Waals surface area contributed by atoms with Crippen LogP contribution in [0.4, 0.5) is 9.52 Å². The molecule has 0 aliphatic carbocycles. The molecule has 0 unspecified atom stereocenters. The number of aliphatic hydroxyl groups excluding tert-OH is 1. The molecule has 1 atom stereocenters. The van der Waals surface area contributed by atoms with E-state index in [-0.39, 0.29) is 27.8 Å². The van der Waals surface area contributed by atoms with E-state index in [1.807, 2.05) is 0 Å². The number of benzene rings is 3. The van der Waals surface area contributed by atoms with Crippen molar-refractivity contribution < 1.29 is 33.7 Å². The average molecular weight is 578 g/mol. The third kappa shape index (κ3) is 4.87. The van der Waals surface area contributed by atoms with Gasteiger partial charge in [0.05, 0.1) is 11.6 Å². The number of hydrogen-bond donors (Lipinski definition) is 2. The number of nitrogens with zero attached hydrogens (tertiary/aromatic N) is 3. The lowest BCUT2D eigenvalue weighted by Crippen LogP contribution is -2.29. The molecule has 2 aliphatic rings. The van der Waals surface area contributed by atoms with Crippen molar-refractivity contribution in [3.05, 3.63) is 94.8 Å². The highest BCUT2D eigenvalue weighted by atomic mass is 32.2. The molecule has 0 saturated carbocycles. The summed E-state index contributed by atoms with van der Waals surface area (Å²) in [5.74, 6) is -1.19. The molecule has 1 amide bonds. The highest BCUT2D eigenvalue weighted by molar-refractivity contribution is 8.00. The van der Waals surface area contributed by atoms with Gasteiger partial charge < -0.3 is 19.7 Å². The number of carbonyl (C=O) groups is 2. The summed E-state index contributed by atoms with van der Waals surface area (Å²) < 4.78 is 24.9. The molecular weight excluding hydrogens is 557 g/mol. The van der Waals surface area contributed by atoms with Crippen molar-refractivity contribution >= 4 is 45.7 Å². The number of carbonyl (C=O) groups excluding carboxylic acids is 2. The lowest BCUT2D eigenvalue weighted by atomic mass is 9.95. The number of phenols is 1. The van der Waals surface area contributed by atoms with E-state index in [0.717, 1.165) is 16.9 Å². The number of ether oxygens (including phenoxy) is 2. The van der Waals surface area contributed by atoms with E-state index in [2.05, 4.69) is 10.2 Å². The molecule has 0 bridgehead atoms. The number of fused-ring (bicyclic) bond motifs is 1. The summed E-state index contributed by atoms with van der Waals surface area (Å²) in [7, 11) is 0. The van der Waals surface area contributed by atoms with Gasteiger partial charge in [-0.05, 0) is 53.6 Å². The van der Waals surface area contributed by atoms with Crippen LogP contribution in [0.1, 0.15) is 22.7 Å². The van der Waals surface area contributed by atoms with Gasteiger partial charge in [-0.25, -0.2) is 4.39 Å². The van der Waals surface area contributed by atoms with E-state index in [9.17, 15) is 24.2 Å². The number of anilines is 1. The SMILES string of the molecule is O=C1C(=O)N(c2nnc(SCc3ccc(F)cc3)s2)[C@@H](c2cccc(O)c2)C1=C(O)c1ccc2c(c1)OCCO2. The fourth-order valence-corrected chi connectivity index (χ4v) is 6.29. The van der Waals surface area contributed by atoms with E-state index >= 15 is 0 Å². The number of thioether (sulfide) groups is 1. The first-order valence-corrected chi connectivity index (χ1v) is 13.9. The molecule has 1 fully saturated rings. The molecule has 12 heteroatoms. The van der Waals surface area contributed by atoms with E-state index in [1.54, 1.807) is 42.5 Å². The summed E-state index contributed by atoms with van der Waals surface area (Å²) >= 11 is 2.46. The monoisotopic (exact) mass is 577 g/mol. The maximum atomic E-state index is 13.4. The van der Waals surface area contributed by atoms with Gasteiger partial charge in [0, 0.05) is 11.3 Å². The smallest absolute Gasteiger partial charge is 0.301 e. The fourth-order valence-electron chi connectivity index (χ4n) is 4.47. The average Bonchev–Trinajstić information content (AvgIpc) is 3.54. The predicted molar refractivity (Wildman–Crippen MR) is 146 cm³/mol. The number of halogens is 1. The topological polar surface area (TPSA) is 122 Å². The maximum absolute atomic E-state index is 13.4. The third-order valence-corrected chi connectivity index (χ3v) is 8.45. The van der Waals surface area contributed by atoms with Crippen LogP contribution >= 0.6 is 23.1 Å². The lowest BCUT2D eigenvalue weighted by Gasteiger charge is -2.23. The minimum absolute atomic E-state index is 0.0739. The number of aromatic nitrogens is 2. The number of rotatable bonds is 6. The summed E-state index contributed by atoms with van der Waals surface area (Å²) in [6, 6.07) is 15.9. The second-order valence-electron chi connectivity index (χ2n) is 8.89. The molecule has 3 heterocycles. The number of aliphatic hydroxyl groups is 1. The Bertz CT molecular complexity index is 1660. The van der Waals surface area contributed by atoms with Crippen LogP contribution in [0, 0.1) is 5.82 Å². The Balaban J connectivity index is 1.38. The first-order chi connectivity index (χ1) is 19.4.